The van der Waals surface area contributed by atoms with E-state index in [0.717, 1.165) is 62.0 Å². The molecule has 1 aliphatic rings. The van der Waals surface area contributed by atoms with Gasteiger partial charge in [0.15, 0.2) is 0 Å². The van der Waals surface area contributed by atoms with Gasteiger partial charge in [-0.3, -0.25) is 14.3 Å². The van der Waals surface area contributed by atoms with E-state index in [1.807, 2.05) is 51.9 Å². The number of fused-ring (bicyclic) bond motifs is 1. The fourth-order valence-electron chi connectivity index (χ4n) is 4.31. The van der Waals surface area contributed by atoms with Gasteiger partial charge in [0.1, 0.15) is 6.61 Å². The van der Waals surface area contributed by atoms with Crippen LogP contribution in [0.3, 0.4) is 0 Å². The highest BCUT2D eigenvalue weighted by molar-refractivity contribution is 5.95. The van der Waals surface area contributed by atoms with Crippen molar-refractivity contribution in [3.63, 3.8) is 0 Å². The summed E-state index contributed by atoms with van der Waals surface area (Å²) in [5, 5.41) is 4.20. The number of aromatic nitrogens is 2. The number of aryl methyl sites for hydroxylation is 2. The summed E-state index contributed by atoms with van der Waals surface area (Å²) in [5.41, 5.74) is 2.95. The molecular formula is C25H36N4O3. The Labute approximate surface area is 191 Å². The number of para-hydroxylation sites is 1. The molecule has 0 aliphatic carbocycles. The van der Waals surface area contributed by atoms with Crippen LogP contribution in [-0.2, 0) is 34.3 Å². The van der Waals surface area contributed by atoms with Crippen LogP contribution in [0, 0.1) is 0 Å². The number of amides is 2. The van der Waals surface area contributed by atoms with Crippen molar-refractivity contribution in [2.45, 2.75) is 57.9 Å². The summed E-state index contributed by atoms with van der Waals surface area (Å²) in [6.45, 7) is 1.98. The molecule has 7 heteroatoms. The average Bonchev–Trinajstić information content (AvgIpc) is 3.21. The lowest BCUT2D eigenvalue weighted by Gasteiger charge is -2.28. The summed E-state index contributed by atoms with van der Waals surface area (Å²) < 4.78 is 6.96. The Bertz CT molecular complexity index is 880. The molecule has 2 amide bonds. The van der Waals surface area contributed by atoms with Crippen molar-refractivity contribution in [3.8, 4) is 0 Å². The van der Waals surface area contributed by atoms with Crippen molar-refractivity contribution in [2.24, 2.45) is 7.05 Å². The fourth-order valence-corrected chi connectivity index (χ4v) is 4.31. The van der Waals surface area contributed by atoms with Gasteiger partial charge in [-0.2, -0.15) is 5.10 Å². The first kappa shape index (κ1) is 24.0. The molecular weight excluding hydrogens is 404 g/mol. The number of rotatable bonds is 5. The monoisotopic (exact) mass is 440 g/mol. The van der Waals surface area contributed by atoms with Gasteiger partial charge in [0.25, 0.3) is 5.91 Å². The number of hydrogen-bond donors (Lipinski definition) is 0. The van der Waals surface area contributed by atoms with Crippen molar-refractivity contribution < 1.29 is 14.3 Å². The number of nitrogens with zero attached hydrogens (tertiary/aromatic N) is 4. The fraction of sp³-hybridized carbons (Fsp3) is 0.560. The number of ether oxygens (including phenoxy) is 1. The maximum atomic E-state index is 13.2. The van der Waals surface area contributed by atoms with E-state index in [0.29, 0.717) is 25.9 Å². The normalized spacial score (nSPS) is 15.9. The first-order chi connectivity index (χ1) is 15.6. The third-order valence-electron chi connectivity index (χ3n) is 6.14. The molecule has 0 saturated carbocycles. The summed E-state index contributed by atoms with van der Waals surface area (Å²) >= 11 is 0. The summed E-state index contributed by atoms with van der Waals surface area (Å²) in [6, 6.07) is 9.92. The van der Waals surface area contributed by atoms with Gasteiger partial charge >= 0.3 is 0 Å². The van der Waals surface area contributed by atoms with Gasteiger partial charge in [-0.1, -0.05) is 43.9 Å². The lowest BCUT2D eigenvalue weighted by Crippen LogP contribution is -2.37. The molecule has 0 saturated heterocycles. The van der Waals surface area contributed by atoms with Crippen molar-refractivity contribution in [1.82, 2.24) is 14.7 Å². The molecule has 32 heavy (non-hydrogen) atoms. The second kappa shape index (κ2) is 12.4. The van der Waals surface area contributed by atoms with Crippen molar-refractivity contribution in [3.05, 3.63) is 47.8 Å². The molecule has 1 aliphatic heterocycles. The van der Waals surface area contributed by atoms with Gasteiger partial charge in [-0.15, -0.1) is 0 Å². The van der Waals surface area contributed by atoms with Gasteiger partial charge < -0.3 is 14.5 Å². The zero-order valence-corrected chi connectivity index (χ0v) is 19.5. The highest BCUT2D eigenvalue weighted by Crippen LogP contribution is 2.25. The van der Waals surface area contributed by atoms with Crippen molar-refractivity contribution >= 4 is 17.5 Å². The Kier molecular flexibility index (Phi) is 9.28. The lowest BCUT2D eigenvalue weighted by molar-refractivity contribution is -0.131. The largest absolute Gasteiger partial charge is 0.375 e. The Morgan fingerprint density at radius 3 is 2.41 bits per heavy atom. The Morgan fingerprint density at radius 1 is 0.969 bits per heavy atom. The lowest BCUT2D eigenvalue weighted by atomic mass is 10.1. The number of carbonyl (C=O) groups excluding carboxylic acids is 2. The highest BCUT2D eigenvalue weighted by Gasteiger charge is 2.21. The standard InChI is InChI=1S/C25H36N4O3/c1-27-22(15-16-26-27)13-14-24(30)28-17-9-5-3-4-6-10-18-29(25(31)20-32-2)23-12-8-7-11-21(23)19-28/h7-8,11-12,15-16H,3-6,9-10,13-14,17-20H2,1-2H3. The van der Waals surface area contributed by atoms with E-state index in [-0.39, 0.29) is 18.4 Å². The van der Waals surface area contributed by atoms with Crippen LogP contribution in [0.2, 0.25) is 0 Å². The minimum Gasteiger partial charge on any atom is -0.375 e. The SMILES string of the molecule is COCC(=O)N1CCCCCCCCN(C(=O)CCc2ccnn2C)Cc2ccccc21. The quantitative estimate of drug-likeness (QED) is 0.711. The summed E-state index contributed by atoms with van der Waals surface area (Å²) in [7, 11) is 3.45. The molecule has 1 aromatic heterocycles. The third-order valence-corrected chi connectivity index (χ3v) is 6.14. The summed E-state index contributed by atoms with van der Waals surface area (Å²) in [4.78, 5) is 29.9. The predicted molar refractivity (Wildman–Crippen MR) is 125 cm³/mol. The zero-order chi connectivity index (χ0) is 22.8. The number of anilines is 1. The molecule has 0 atom stereocenters. The summed E-state index contributed by atoms with van der Waals surface area (Å²) in [6.07, 6.45) is 9.41. The van der Waals surface area contributed by atoms with E-state index >= 15 is 0 Å². The van der Waals surface area contributed by atoms with E-state index in [4.69, 9.17) is 4.74 Å². The Balaban J connectivity index is 1.81. The molecule has 2 aromatic rings. The van der Waals surface area contributed by atoms with Crippen molar-refractivity contribution in [1.29, 1.82) is 0 Å². The van der Waals surface area contributed by atoms with Crippen LogP contribution in [0.4, 0.5) is 5.69 Å². The van der Waals surface area contributed by atoms with E-state index in [1.165, 1.54) is 0 Å². The van der Waals surface area contributed by atoms with Gasteiger partial charge in [-0.05, 0) is 37.0 Å². The van der Waals surface area contributed by atoms with Gasteiger partial charge in [0, 0.05) is 57.8 Å². The molecule has 7 nitrogen and oxygen atoms in total. The van der Waals surface area contributed by atoms with E-state index in [9.17, 15) is 9.59 Å². The minimum atomic E-state index is -0.0380. The number of benzene rings is 1. The van der Waals surface area contributed by atoms with Gasteiger partial charge in [-0.25, -0.2) is 0 Å². The molecule has 0 N–H and O–H groups in total. The molecule has 0 fully saturated rings. The van der Waals surface area contributed by atoms with Crippen LogP contribution in [0.25, 0.3) is 0 Å². The van der Waals surface area contributed by atoms with Gasteiger partial charge in [0.2, 0.25) is 5.91 Å². The number of hydrogen-bond acceptors (Lipinski definition) is 4. The maximum absolute atomic E-state index is 13.2. The van der Waals surface area contributed by atoms with E-state index in [1.54, 1.807) is 13.3 Å². The maximum Gasteiger partial charge on any atom is 0.252 e. The Hall–Kier alpha value is -2.67. The van der Waals surface area contributed by atoms with E-state index < -0.39 is 0 Å². The predicted octanol–water partition coefficient (Wildman–Crippen LogP) is 3.72. The molecule has 0 radical (unpaired) electrons. The molecule has 2 heterocycles. The van der Waals surface area contributed by atoms with Crippen molar-refractivity contribution in [2.75, 3.05) is 31.7 Å². The molecule has 0 unspecified atom stereocenters. The molecule has 1 aromatic carbocycles. The average molecular weight is 441 g/mol. The van der Waals surface area contributed by atoms with Crippen LogP contribution in [0.5, 0.6) is 0 Å². The van der Waals surface area contributed by atoms with Crippen LogP contribution >= 0.6 is 0 Å². The minimum absolute atomic E-state index is 0.0380. The van der Waals surface area contributed by atoms with Gasteiger partial charge in [0.05, 0.1) is 0 Å². The molecule has 174 valence electrons. The van der Waals surface area contributed by atoms with Crippen LogP contribution in [-0.4, -0.2) is 53.3 Å². The molecule has 0 spiro atoms. The number of carbonyl (C=O) groups is 2. The van der Waals surface area contributed by atoms with Crippen LogP contribution < -0.4 is 4.90 Å². The van der Waals surface area contributed by atoms with Crippen LogP contribution in [0.1, 0.15) is 56.2 Å². The van der Waals surface area contributed by atoms with Crippen LogP contribution in [0.15, 0.2) is 36.5 Å². The Morgan fingerprint density at radius 2 is 1.69 bits per heavy atom. The number of methoxy groups -OCH3 is 1. The smallest absolute Gasteiger partial charge is 0.252 e. The summed E-state index contributed by atoms with van der Waals surface area (Å²) in [5.74, 6) is 0.106. The second-order valence-electron chi connectivity index (χ2n) is 8.49. The second-order valence-corrected chi connectivity index (χ2v) is 8.49. The first-order valence-electron chi connectivity index (χ1n) is 11.7. The topological polar surface area (TPSA) is 67.7 Å². The molecule has 3 rings (SSSR count). The highest BCUT2D eigenvalue weighted by atomic mass is 16.5. The molecule has 0 bridgehead atoms. The van der Waals surface area contributed by atoms with E-state index in [2.05, 4.69) is 5.10 Å². The third kappa shape index (κ3) is 6.66. The first-order valence-corrected chi connectivity index (χ1v) is 11.7. The zero-order valence-electron chi connectivity index (χ0n) is 19.5.